The summed E-state index contributed by atoms with van der Waals surface area (Å²) < 4.78 is 0. The number of hydrogen-bond donors (Lipinski definition) is 2. The van der Waals surface area contributed by atoms with Gasteiger partial charge < -0.3 is 10.4 Å². The fraction of sp³-hybridized carbons (Fsp3) is 0.286. The number of anilines is 1. The Morgan fingerprint density at radius 1 is 1.00 bits per heavy atom. The number of carbonyl (C=O) groups is 2. The van der Waals surface area contributed by atoms with Crippen molar-refractivity contribution in [1.29, 1.82) is 0 Å². The highest BCUT2D eigenvalue weighted by atomic mass is 35.5. The third-order valence-corrected chi connectivity index (χ3v) is 4.39. The second kappa shape index (κ2) is 6.69. The number of nitrogens with one attached hydrogen (secondary N) is 1. The molecule has 0 aromatic heterocycles. The Bertz CT molecular complexity index is 616. The van der Waals surface area contributed by atoms with Gasteiger partial charge in [0.1, 0.15) is 0 Å². The number of amides is 1. The maximum absolute atomic E-state index is 12.3. The summed E-state index contributed by atoms with van der Waals surface area (Å²) >= 11 is 17.7. The van der Waals surface area contributed by atoms with E-state index in [1.807, 2.05) is 0 Å². The molecule has 21 heavy (non-hydrogen) atoms. The van der Waals surface area contributed by atoms with E-state index in [2.05, 4.69) is 5.32 Å². The topological polar surface area (TPSA) is 66.4 Å². The Kier molecular flexibility index (Phi) is 5.14. The Balaban J connectivity index is 2.19. The lowest BCUT2D eigenvalue weighted by atomic mass is 9.82. The number of allylic oxidation sites excluding steroid dienone is 2. The van der Waals surface area contributed by atoms with Crippen LogP contribution in [0.3, 0.4) is 0 Å². The van der Waals surface area contributed by atoms with Crippen molar-refractivity contribution in [3.8, 4) is 0 Å². The second-order valence-corrected chi connectivity index (χ2v) is 5.95. The average molecular weight is 349 g/mol. The molecule has 0 radical (unpaired) electrons. The third-order valence-electron chi connectivity index (χ3n) is 3.35. The number of benzene rings is 1. The van der Waals surface area contributed by atoms with Crippen LogP contribution in [0.15, 0.2) is 24.3 Å². The molecule has 1 aliphatic rings. The van der Waals surface area contributed by atoms with Crippen LogP contribution in [0.5, 0.6) is 0 Å². The Labute approximate surface area is 136 Å². The minimum absolute atomic E-state index is 0.246. The lowest BCUT2D eigenvalue weighted by Crippen LogP contribution is -2.34. The summed E-state index contributed by atoms with van der Waals surface area (Å²) in [6.07, 6.45) is 4.29. The van der Waals surface area contributed by atoms with Crippen molar-refractivity contribution in [3.63, 3.8) is 0 Å². The molecule has 1 aliphatic carbocycles. The molecular weight excluding hydrogens is 337 g/mol. The first-order valence-corrected chi connectivity index (χ1v) is 7.36. The van der Waals surface area contributed by atoms with Crippen LogP contribution in [0, 0.1) is 11.8 Å². The zero-order valence-electron chi connectivity index (χ0n) is 10.8. The normalized spacial score (nSPS) is 21.1. The number of hydrogen-bond acceptors (Lipinski definition) is 2. The van der Waals surface area contributed by atoms with Gasteiger partial charge in [0.15, 0.2) is 0 Å². The molecule has 2 N–H and O–H groups in total. The minimum Gasteiger partial charge on any atom is -0.481 e. The summed E-state index contributed by atoms with van der Waals surface area (Å²) in [5, 5.41) is 12.6. The maximum atomic E-state index is 12.3. The van der Waals surface area contributed by atoms with E-state index in [4.69, 9.17) is 34.8 Å². The summed E-state index contributed by atoms with van der Waals surface area (Å²) in [7, 11) is 0. The van der Waals surface area contributed by atoms with Crippen molar-refractivity contribution in [2.24, 2.45) is 11.8 Å². The molecule has 0 fully saturated rings. The van der Waals surface area contributed by atoms with E-state index >= 15 is 0 Å². The average Bonchev–Trinajstić information content (AvgIpc) is 2.44. The van der Waals surface area contributed by atoms with Crippen LogP contribution in [-0.2, 0) is 9.59 Å². The third kappa shape index (κ3) is 3.70. The smallest absolute Gasteiger partial charge is 0.307 e. The lowest BCUT2D eigenvalue weighted by molar-refractivity contribution is -0.146. The Morgan fingerprint density at radius 3 is 2.19 bits per heavy atom. The summed E-state index contributed by atoms with van der Waals surface area (Å²) in [5.41, 5.74) is 0.315. The van der Waals surface area contributed by atoms with Gasteiger partial charge >= 0.3 is 5.97 Å². The van der Waals surface area contributed by atoms with Gasteiger partial charge in [-0.1, -0.05) is 47.0 Å². The van der Waals surface area contributed by atoms with Crippen LogP contribution < -0.4 is 5.32 Å². The molecule has 2 unspecified atom stereocenters. The molecule has 1 aromatic carbocycles. The van der Waals surface area contributed by atoms with E-state index in [1.165, 1.54) is 12.1 Å². The molecule has 7 heteroatoms. The molecule has 0 saturated carbocycles. The van der Waals surface area contributed by atoms with E-state index in [1.54, 1.807) is 12.2 Å². The molecule has 0 heterocycles. The van der Waals surface area contributed by atoms with Crippen LogP contribution in [0.1, 0.15) is 12.8 Å². The van der Waals surface area contributed by atoms with Crippen molar-refractivity contribution < 1.29 is 14.7 Å². The fourth-order valence-electron chi connectivity index (χ4n) is 2.22. The maximum Gasteiger partial charge on any atom is 0.307 e. The van der Waals surface area contributed by atoms with Crippen LogP contribution in [0.25, 0.3) is 0 Å². The fourth-order valence-corrected chi connectivity index (χ4v) is 2.81. The SMILES string of the molecule is O=C(O)C1CC=CCC1C(=O)Nc1cc(Cl)c(Cl)cc1Cl. The molecule has 2 atom stereocenters. The van der Waals surface area contributed by atoms with E-state index < -0.39 is 23.7 Å². The van der Waals surface area contributed by atoms with Gasteiger partial charge in [-0.05, 0) is 25.0 Å². The molecule has 0 bridgehead atoms. The summed E-state index contributed by atoms with van der Waals surface area (Å²) in [5.74, 6) is -2.76. The van der Waals surface area contributed by atoms with Crippen LogP contribution >= 0.6 is 34.8 Å². The first-order valence-electron chi connectivity index (χ1n) is 6.23. The molecule has 0 aliphatic heterocycles. The summed E-state index contributed by atoms with van der Waals surface area (Å²) in [6.45, 7) is 0. The van der Waals surface area contributed by atoms with Gasteiger partial charge in [-0.2, -0.15) is 0 Å². The van der Waals surface area contributed by atoms with Crippen molar-refractivity contribution in [2.45, 2.75) is 12.8 Å². The van der Waals surface area contributed by atoms with Crippen molar-refractivity contribution >= 4 is 52.4 Å². The van der Waals surface area contributed by atoms with Crippen LogP contribution in [-0.4, -0.2) is 17.0 Å². The predicted molar refractivity (Wildman–Crippen MR) is 83.1 cm³/mol. The standard InChI is InChI=1S/C14H12Cl3NO3/c15-9-5-11(17)12(6-10(9)16)18-13(19)7-3-1-2-4-8(7)14(20)21/h1-2,5-8H,3-4H2,(H,18,19)(H,20,21). The molecule has 1 aromatic rings. The van der Waals surface area contributed by atoms with Gasteiger partial charge in [0.05, 0.1) is 32.6 Å². The second-order valence-electron chi connectivity index (χ2n) is 4.73. The van der Waals surface area contributed by atoms with Crippen LogP contribution in [0.4, 0.5) is 5.69 Å². The number of halogens is 3. The highest BCUT2D eigenvalue weighted by Gasteiger charge is 2.34. The van der Waals surface area contributed by atoms with E-state index in [0.29, 0.717) is 18.5 Å². The molecular formula is C14H12Cl3NO3. The van der Waals surface area contributed by atoms with Gasteiger partial charge in [0.2, 0.25) is 5.91 Å². The number of rotatable bonds is 3. The number of carboxylic acid groups (broad SMARTS) is 1. The quantitative estimate of drug-likeness (QED) is 0.634. The van der Waals surface area contributed by atoms with Gasteiger partial charge in [0, 0.05) is 0 Å². The number of aliphatic carboxylic acids is 1. The first kappa shape index (κ1) is 16.1. The Hall–Kier alpha value is -1.23. The number of carboxylic acids is 1. The highest BCUT2D eigenvalue weighted by Crippen LogP contribution is 2.34. The molecule has 0 spiro atoms. The molecule has 4 nitrogen and oxygen atoms in total. The van der Waals surface area contributed by atoms with Crippen LogP contribution in [0.2, 0.25) is 15.1 Å². The lowest BCUT2D eigenvalue weighted by Gasteiger charge is -2.24. The van der Waals surface area contributed by atoms with Crippen molar-refractivity contribution in [2.75, 3.05) is 5.32 Å². The molecule has 0 saturated heterocycles. The van der Waals surface area contributed by atoms with Gasteiger partial charge in [-0.25, -0.2) is 0 Å². The zero-order valence-corrected chi connectivity index (χ0v) is 13.0. The predicted octanol–water partition coefficient (Wildman–Crippen LogP) is 4.25. The van der Waals surface area contributed by atoms with E-state index in [0.717, 1.165) is 0 Å². The van der Waals surface area contributed by atoms with Gasteiger partial charge in [-0.15, -0.1) is 0 Å². The number of carbonyl (C=O) groups excluding carboxylic acids is 1. The first-order chi connectivity index (χ1) is 9.90. The van der Waals surface area contributed by atoms with E-state index in [-0.39, 0.29) is 15.1 Å². The molecule has 1 amide bonds. The zero-order chi connectivity index (χ0) is 15.6. The van der Waals surface area contributed by atoms with Crippen molar-refractivity contribution in [3.05, 3.63) is 39.4 Å². The monoisotopic (exact) mass is 347 g/mol. The summed E-state index contributed by atoms with van der Waals surface area (Å²) in [6, 6.07) is 2.87. The largest absolute Gasteiger partial charge is 0.481 e. The molecule has 2 rings (SSSR count). The van der Waals surface area contributed by atoms with Gasteiger partial charge in [0.25, 0.3) is 0 Å². The highest BCUT2D eigenvalue weighted by molar-refractivity contribution is 6.44. The van der Waals surface area contributed by atoms with Gasteiger partial charge in [-0.3, -0.25) is 9.59 Å². The molecule has 112 valence electrons. The van der Waals surface area contributed by atoms with E-state index in [9.17, 15) is 14.7 Å². The van der Waals surface area contributed by atoms with Crippen molar-refractivity contribution in [1.82, 2.24) is 0 Å². The minimum atomic E-state index is -0.986. The Morgan fingerprint density at radius 2 is 1.57 bits per heavy atom. The summed E-state index contributed by atoms with van der Waals surface area (Å²) in [4.78, 5) is 23.5.